The SMILES string of the molecule is CCc1nc(=S)c(OC)c(C)[nH]1. The van der Waals surface area contributed by atoms with E-state index in [1.807, 2.05) is 13.8 Å². The van der Waals surface area contributed by atoms with E-state index < -0.39 is 0 Å². The van der Waals surface area contributed by atoms with Crippen LogP contribution < -0.4 is 4.74 Å². The smallest absolute Gasteiger partial charge is 0.174 e. The van der Waals surface area contributed by atoms with Crippen LogP contribution in [0.25, 0.3) is 0 Å². The van der Waals surface area contributed by atoms with Crippen molar-refractivity contribution in [1.82, 2.24) is 9.97 Å². The molecule has 0 fully saturated rings. The van der Waals surface area contributed by atoms with Gasteiger partial charge in [0.05, 0.1) is 12.8 Å². The van der Waals surface area contributed by atoms with Crippen LogP contribution in [0.15, 0.2) is 0 Å². The Balaban J connectivity index is 3.28. The minimum Gasteiger partial charge on any atom is -0.492 e. The van der Waals surface area contributed by atoms with E-state index in [0.29, 0.717) is 10.4 Å². The van der Waals surface area contributed by atoms with E-state index in [4.69, 9.17) is 17.0 Å². The molecule has 12 heavy (non-hydrogen) atoms. The molecule has 0 saturated heterocycles. The van der Waals surface area contributed by atoms with Gasteiger partial charge in [0.25, 0.3) is 0 Å². The Morgan fingerprint density at radius 2 is 2.25 bits per heavy atom. The van der Waals surface area contributed by atoms with Gasteiger partial charge in [0.2, 0.25) is 0 Å². The first-order valence-electron chi connectivity index (χ1n) is 3.82. The predicted octanol–water partition coefficient (Wildman–Crippen LogP) is 2.02. The quantitative estimate of drug-likeness (QED) is 0.714. The summed E-state index contributed by atoms with van der Waals surface area (Å²) < 4.78 is 5.61. The van der Waals surface area contributed by atoms with Crippen LogP contribution in [0.4, 0.5) is 0 Å². The largest absolute Gasteiger partial charge is 0.492 e. The van der Waals surface area contributed by atoms with Gasteiger partial charge in [0.15, 0.2) is 10.4 Å². The maximum atomic E-state index is 5.08. The third kappa shape index (κ3) is 1.64. The number of methoxy groups -OCH3 is 1. The molecule has 1 aromatic rings. The van der Waals surface area contributed by atoms with Crippen molar-refractivity contribution in [2.45, 2.75) is 20.3 Å². The van der Waals surface area contributed by atoms with E-state index >= 15 is 0 Å². The molecule has 66 valence electrons. The fraction of sp³-hybridized carbons (Fsp3) is 0.500. The number of H-pyrrole nitrogens is 1. The zero-order valence-corrected chi connectivity index (χ0v) is 8.29. The lowest BCUT2D eigenvalue weighted by atomic mass is 10.3. The monoisotopic (exact) mass is 184 g/mol. The van der Waals surface area contributed by atoms with Gasteiger partial charge in [0.1, 0.15) is 5.82 Å². The van der Waals surface area contributed by atoms with Crippen molar-refractivity contribution in [2.75, 3.05) is 7.11 Å². The number of hydrogen-bond acceptors (Lipinski definition) is 3. The van der Waals surface area contributed by atoms with Crippen molar-refractivity contribution in [2.24, 2.45) is 0 Å². The molecule has 0 aliphatic heterocycles. The zero-order valence-electron chi connectivity index (χ0n) is 7.47. The predicted molar refractivity (Wildman–Crippen MR) is 50.1 cm³/mol. The van der Waals surface area contributed by atoms with Crippen molar-refractivity contribution in [3.63, 3.8) is 0 Å². The summed E-state index contributed by atoms with van der Waals surface area (Å²) in [5.74, 6) is 1.57. The summed E-state index contributed by atoms with van der Waals surface area (Å²) in [6, 6.07) is 0. The first-order valence-corrected chi connectivity index (χ1v) is 4.23. The average molecular weight is 184 g/mol. The molecule has 0 unspecified atom stereocenters. The normalized spacial score (nSPS) is 9.92. The van der Waals surface area contributed by atoms with Gasteiger partial charge >= 0.3 is 0 Å². The van der Waals surface area contributed by atoms with E-state index in [-0.39, 0.29) is 0 Å². The number of ether oxygens (including phenoxy) is 1. The lowest BCUT2D eigenvalue weighted by molar-refractivity contribution is 0.404. The van der Waals surface area contributed by atoms with Crippen LogP contribution in [0, 0.1) is 11.6 Å². The van der Waals surface area contributed by atoms with Crippen LogP contribution in [-0.4, -0.2) is 17.1 Å². The number of aromatic nitrogens is 2. The average Bonchev–Trinajstić information content (AvgIpc) is 2.03. The Labute approximate surface area is 76.8 Å². The molecule has 0 saturated carbocycles. The van der Waals surface area contributed by atoms with Crippen molar-refractivity contribution >= 4 is 12.2 Å². The summed E-state index contributed by atoms with van der Waals surface area (Å²) in [5.41, 5.74) is 0.939. The summed E-state index contributed by atoms with van der Waals surface area (Å²) in [6.07, 6.45) is 0.856. The first-order chi connectivity index (χ1) is 5.69. The third-order valence-electron chi connectivity index (χ3n) is 1.64. The summed E-state index contributed by atoms with van der Waals surface area (Å²) in [4.78, 5) is 7.27. The van der Waals surface area contributed by atoms with E-state index in [0.717, 1.165) is 17.9 Å². The molecule has 3 nitrogen and oxygen atoms in total. The fourth-order valence-electron chi connectivity index (χ4n) is 1.04. The molecule has 0 amide bonds. The second kappa shape index (κ2) is 3.67. The minimum atomic E-state index is 0.533. The minimum absolute atomic E-state index is 0.533. The van der Waals surface area contributed by atoms with Crippen LogP contribution in [0.5, 0.6) is 5.75 Å². The molecule has 0 aliphatic rings. The first kappa shape index (κ1) is 9.19. The van der Waals surface area contributed by atoms with E-state index in [1.54, 1.807) is 7.11 Å². The molecular weight excluding hydrogens is 172 g/mol. The van der Waals surface area contributed by atoms with Crippen LogP contribution >= 0.6 is 12.2 Å². The maximum Gasteiger partial charge on any atom is 0.174 e. The zero-order chi connectivity index (χ0) is 9.14. The van der Waals surface area contributed by atoms with Gasteiger partial charge in [-0.25, -0.2) is 4.98 Å². The summed E-state index contributed by atoms with van der Waals surface area (Å²) in [7, 11) is 1.60. The van der Waals surface area contributed by atoms with Gasteiger partial charge in [0, 0.05) is 6.42 Å². The number of aromatic amines is 1. The number of rotatable bonds is 2. The lowest BCUT2D eigenvalue weighted by Crippen LogP contribution is -1.99. The number of aryl methyl sites for hydroxylation is 2. The van der Waals surface area contributed by atoms with E-state index in [9.17, 15) is 0 Å². The van der Waals surface area contributed by atoms with Gasteiger partial charge in [-0.3, -0.25) is 0 Å². The van der Waals surface area contributed by atoms with Gasteiger partial charge in [-0.15, -0.1) is 0 Å². The Kier molecular flexibility index (Phi) is 2.81. The summed E-state index contributed by atoms with van der Waals surface area (Å²) in [5, 5.41) is 0. The summed E-state index contributed by atoms with van der Waals surface area (Å²) in [6.45, 7) is 3.95. The van der Waals surface area contributed by atoms with Crippen molar-refractivity contribution in [3.8, 4) is 5.75 Å². The lowest BCUT2D eigenvalue weighted by Gasteiger charge is -2.05. The maximum absolute atomic E-state index is 5.08. The van der Waals surface area contributed by atoms with Crippen LogP contribution in [0.1, 0.15) is 18.4 Å². The molecule has 1 rings (SSSR count). The molecular formula is C8H12N2OS. The molecule has 1 N–H and O–H groups in total. The highest BCUT2D eigenvalue weighted by atomic mass is 32.1. The molecule has 4 heteroatoms. The van der Waals surface area contributed by atoms with Crippen molar-refractivity contribution < 1.29 is 4.74 Å². The molecule has 0 spiro atoms. The highest BCUT2D eigenvalue weighted by molar-refractivity contribution is 7.71. The Hall–Kier alpha value is -0.900. The molecule has 0 atom stereocenters. The number of hydrogen-bond donors (Lipinski definition) is 1. The van der Waals surface area contributed by atoms with Crippen LogP contribution in [-0.2, 0) is 6.42 Å². The second-order valence-electron chi connectivity index (χ2n) is 2.50. The topological polar surface area (TPSA) is 37.9 Å². The third-order valence-corrected chi connectivity index (χ3v) is 1.92. The van der Waals surface area contributed by atoms with Crippen molar-refractivity contribution in [3.05, 3.63) is 16.2 Å². The van der Waals surface area contributed by atoms with Gasteiger partial charge in [-0.2, -0.15) is 0 Å². The molecule has 0 aromatic carbocycles. The molecule has 0 aliphatic carbocycles. The van der Waals surface area contributed by atoms with Crippen LogP contribution in [0.3, 0.4) is 0 Å². The number of nitrogens with zero attached hydrogens (tertiary/aromatic N) is 1. The van der Waals surface area contributed by atoms with E-state index in [2.05, 4.69) is 9.97 Å². The van der Waals surface area contributed by atoms with Crippen molar-refractivity contribution in [1.29, 1.82) is 0 Å². The van der Waals surface area contributed by atoms with Gasteiger partial charge in [-0.1, -0.05) is 19.1 Å². The Bertz CT molecular complexity index is 332. The molecule has 1 heterocycles. The van der Waals surface area contributed by atoms with Gasteiger partial charge in [-0.05, 0) is 6.92 Å². The fourth-order valence-corrected chi connectivity index (χ4v) is 1.39. The van der Waals surface area contributed by atoms with E-state index in [1.165, 1.54) is 0 Å². The summed E-state index contributed by atoms with van der Waals surface area (Å²) >= 11 is 5.04. The second-order valence-corrected chi connectivity index (χ2v) is 2.89. The Morgan fingerprint density at radius 3 is 2.67 bits per heavy atom. The molecule has 0 radical (unpaired) electrons. The number of nitrogens with one attached hydrogen (secondary N) is 1. The standard InChI is InChI=1S/C8H12N2OS/c1-4-6-9-5(2)7(11-3)8(12)10-6/h4H2,1-3H3,(H,9,10,12). The Morgan fingerprint density at radius 1 is 1.58 bits per heavy atom. The van der Waals surface area contributed by atoms with Gasteiger partial charge < -0.3 is 9.72 Å². The molecule has 0 bridgehead atoms. The highest BCUT2D eigenvalue weighted by Gasteiger charge is 2.02. The van der Waals surface area contributed by atoms with Crippen LogP contribution in [0.2, 0.25) is 0 Å². The highest BCUT2D eigenvalue weighted by Crippen LogP contribution is 2.15. The molecule has 1 aromatic heterocycles.